The number of hydrogen-bond donors (Lipinski definition) is 2. The first-order chi connectivity index (χ1) is 19.2. The number of amides is 1. The van der Waals surface area contributed by atoms with Crippen molar-refractivity contribution in [2.45, 2.75) is 50.2 Å². The van der Waals surface area contributed by atoms with Crippen LogP contribution in [0.1, 0.15) is 32.3 Å². The van der Waals surface area contributed by atoms with Crippen LogP contribution in [0.5, 0.6) is 5.75 Å². The first kappa shape index (κ1) is 34.0. The number of alkyl carbamates (subject to hydrolysis) is 1. The highest BCUT2D eigenvalue weighted by Gasteiger charge is 2.35. The van der Waals surface area contributed by atoms with Crippen LogP contribution in [-0.2, 0) is 31.0 Å². The molecule has 0 aliphatic rings. The first-order valence-corrected chi connectivity index (χ1v) is 16.5. The van der Waals surface area contributed by atoms with Crippen LogP contribution < -0.4 is 10.1 Å². The van der Waals surface area contributed by atoms with Crippen molar-refractivity contribution in [3.63, 3.8) is 0 Å². The van der Waals surface area contributed by atoms with Crippen molar-refractivity contribution in [1.29, 1.82) is 5.26 Å². The van der Waals surface area contributed by atoms with E-state index in [1.807, 2.05) is 19.9 Å². The van der Waals surface area contributed by atoms with Gasteiger partial charge in [0, 0.05) is 25.8 Å². The van der Waals surface area contributed by atoms with Gasteiger partial charge in [-0.2, -0.15) is 9.57 Å². The van der Waals surface area contributed by atoms with Crippen LogP contribution in [0.2, 0.25) is 0 Å². The zero-order valence-electron chi connectivity index (χ0n) is 23.8. The number of hydrogen-bond acceptors (Lipinski definition) is 9. The van der Waals surface area contributed by atoms with Gasteiger partial charge in [-0.3, -0.25) is 0 Å². The summed E-state index contributed by atoms with van der Waals surface area (Å²) in [4.78, 5) is 12.5. The molecule has 41 heavy (non-hydrogen) atoms. The van der Waals surface area contributed by atoms with E-state index in [9.17, 15) is 26.7 Å². The average Bonchev–Trinajstić information content (AvgIpc) is 2.91. The van der Waals surface area contributed by atoms with Gasteiger partial charge in [0.15, 0.2) is 9.84 Å². The van der Waals surface area contributed by atoms with Crippen LogP contribution in [0, 0.1) is 16.7 Å². The Morgan fingerprint density at radius 2 is 1.73 bits per heavy atom. The summed E-state index contributed by atoms with van der Waals surface area (Å²) in [7, 11) is -6.01. The van der Waals surface area contributed by atoms with E-state index in [4.69, 9.17) is 14.7 Å². The highest BCUT2D eigenvalue weighted by Crippen LogP contribution is 2.28. The maximum absolute atomic E-state index is 13.8. The smallest absolute Gasteiger partial charge is 0.407 e. The summed E-state index contributed by atoms with van der Waals surface area (Å²) in [5, 5.41) is 23.0. The van der Waals surface area contributed by atoms with Crippen LogP contribution in [0.15, 0.2) is 59.5 Å². The van der Waals surface area contributed by atoms with Gasteiger partial charge in [0.05, 0.1) is 36.0 Å². The third-order valence-corrected chi connectivity index (χ3v) is 9.09. The monoisotopic (exact) mass is 609 g/mol. The molecule has 2 atom stereocenters. The number of ether oxygens (including phenoxy) is 2. The quantitative estimate of drug-likeness (QED) is 0.291. The van der Waals surface area contributed by atoms with Crippen molar-refractivity contribution in [2.75, 3.05) is 38.8 Å². The number of rotatable bonds is 16. The Balaban J connectivity index is 2.37. The molecule has 1 amide bonds. The number of sulfonamides is 1. The third kappa shape index (κ3) is 11.7. The molecule has 226 valence electrons. The molecule has 0 unspecified atom stereocenters. The summed E-state index contributed by atoms with van der Waals surface area (Å²) in [5.41, 5.74) is 0.161. The van der Waals surface area contributed by atoms with Crippen molar-refractivity contribution in [1.82, 2.24) is 9.62 Å². The van der Waals surface area contributed by atoms with Crippen LogP contribution in [0.25, 0.3) is 0 Å². The molecular formula is C28H39N3O8S2. The minimum absolute atomic E-state index is 0.00301. The average molecular weight is 610 g/mol. The van der Waals surface area contributed by atoms with E-state index in [-0.39, 0.29) is 43.2 Å². The van der Waals surface area contributed by atoms with Gasteiger partial charge in [-0.1, -0.05) is 44.2 Å². The highest BCUT2D eigenvalue weighted by molar-refractivity contribution is 7.90. The van der Waals surface area contributed by atoms with Crippen LogP contribution in [0.3, 0.4) is 0 Å². The number of carbonyl (C=O) groups excluding carboxylic acids is 1. The fourth-order valence-corrected chi connectivity index (χ4v) is 6.09. The van der Waals surface area contributed by atoms with Crippen molar-refractivity contribution < 1.29 is 36.2 Å². The van der Waals surface area contributed by atoms with E-state index in [0.29, 0.717) is 12.2 Å². The molecule has 0 radical (unpaired) electrons. The highest BCUT2D eigenvalue weighted by atomic mass is 32.2. The van der Waals surface area contributed by atoms with E-state index in [2.05, 4.69) is 11.4 Å². The van der Waals surface area contributed by atoms with Crippen molar-refractivity contribution >= 4 is 26.0 Å². The molecule has 0 bridgehead atoms. The summed E-state index contributed by atoms with van der Waals surface area (Å²) in [5.74, 6) is 0.115. The molecule has 0 fully saturated rings. The molecule has 13 heteroatoms. The summed E-state index contributed by atoms with van der Waals surface area (Å²) >= 11 is 0. The van der Waals surface area contributed by atoms with Crippen LogP contribution in [-0.4, -0.2) is 83.3 Å². The number of sulfone groups is 1. The van der Waals surface area contributed by atoms with Gasteiger partial charge in [0.1, 0.15) is 12.4 Å². The number of nitriles is 1. The Bertz CT molecular complexity index is 1370. The molecule has 0 aliphatic heterocycles. The van der Waals surface area contributed by atoms with Gasteiger partial charge < -0.3 is 19.9 Å². The van der Waals surface area contributed by atoms with E-state index in [0.717, 1.165) is 16.1 Å². The molecule has 0 saturated heterocycles. The predicted octanol–water partition coefficient (Wildman–Crippen LogP) is 2.76. The molecule has 0 aromatic heterocycles. The number of nitrogens with zero attached hydrogens (tertiary/aromatic N) is 2. The topological polar surface area (TPSA) is 163 Å². The lowest BCUT2D eigenvalue weighted by molar-refractivity contribution is 0.0849. The molecule has 0 heterocycles. The van der Waals surface area contributed by atoms with Gasteiger partial charge >= 0.3 is 6.09 Å². The number of aliphatic hydroxyl groups excluding tert-OH is 1. The number of benzene rings is 2. The standard InChI is InChI=1S/C28H39N3O8S2/c1-28(2,15-8-16-29)21-31(41(36,37)24-13-11-23(38-3)12-14-24)20-26(32)25(19-22-9-6-5-7-10-22)30-27(33)39-17-18-40(4,34)35/h5-7,9-14,25-26,32H,8,15,17-21H2,1-4H3,(H,30,33)/t25-,26+/m0/s1. The molecule has 2 aromatic rings. The Labute approximate surface area is 243 Å². The lowest BCUT2D eigenvalue weighted by Gasteiger charge is -2.34. The normalized spacial score (nSPS) is 13.7. The lowest BCUT2D eigenvalue weighted by atomic mass is 9.88. The molecular weight excluding hydrogens is 570 g/mol. The largest absolute Gasteiger partial charge is 0.497 e. The Kier molecular flexibility index (Phi) is 12.6. The fourth-order valence-electron chi connectivity index (χ4n) is 4.06. The number of carbonyl (C=O) groups is 1. The molecule has 2 N–H and O–H groups in total. The molecule has 2 aromatic carbocycles. The second kappa shape index (κ2) is 15.2. The van der Waals surface area contributed by atoms with Gasteiger partial charge in [0.2, 0.25) is 10.0 Å². The molecule has 0 aliphatic carbocycles. The minimum atomic E-state index is -4.12. The van der Waals surface area contributed by atoms with E-state index in [1.165, 1.54) is 31.4 Å². The third-order valence-electron chi connectivity index (χ3n) is 6.36. The van der Waals surface area contributed by atoms with Crippen LogP contribution >= 0.6 is 0 Å². The Morgan fingerprint density at radius 1 is 1.10 bits per heavy atom. The zero-order valence-corrected chi connectivity index (χ0v) is 25.4. The van der Waals surface area contributed by atoms with Crippen molar-refractivity contribution in [2.24, 2.45) is 5.41 Å². The summed E-state index contributed by atoms with van der Waals surface area (Å²) in [6.45, 7) is 2.94. The number of methoxy groups -OCH3 is 1. The lowest BCUT2D eigenvalue weighted by Crippen LogP contribution is -2.52. The Morgan fingerprint density at radius 3 is 2.29 bits per heavy atom. The maximum atomic E-state index is 13.8. The minimum Gasteiger partial charge on any atom is -0.497 e. The van der Waals surface area contributed by atoms with E-state index < -0.39 is 43.5 Å². The zero-order chi connectivity index (χ0) is 30.7. The molecule has 0 spiro atoms. The van der Waals surface area contributed by atoms with E-state index >= 15 is 0 Å². The van der Waals surface area contributed by atoms with Gasteiger partial charge in [-0.15, -0.1) is 0 Å². The second-order valence-corrected chi connectivity index (χ2v) is 14.8. The summed E-state index contributed by atoms with van der Waals surface area (Å²) < 4.78 is 61.7. The Hall–Kier alpha value is -3.18. The maximum Gasteiger partial charge on any atom is 0.407 e. The van der Waals surface area contributed by atoms with E-state index in [1.54, 1.807) is 24.3 Å². The predicted molar refractivity (Wildman–Crippen MR) is 155 cm³/mol. The molecule has 2 rings (SSSR count). The van der Waals surface area contributed by atoms with Crippen LogP contribution in [0.4, 0.5) is 4.79 Å². The van der Waals surface area contributed by atoms with Crippen molar-refractivity contribution in [3.8, 4) is 11.8 Å². The first-order valence-electron chi connectivity index (χ1n) is 13.0. The second-order valence-electron chi connectivity index (χ2n) is 10.6. The molecule has 0 saturated carbocycles. The molecule has 11 nitrogen and oxygen atoms in total. The fraction of sp³-hybridized carbons (Fsp3) is 0.500. The SMILES string of the molecule is COc1ccc(S(=O)(=O)N(C[C@@H](O)[C@H](Cc2ccccc2)NC(=O)OCCS(C)(=O)=O)CC(C)(C)CCC#N)cc1. The van der Waals surface area contributed by atoms with Gasteiger partial charge in [0.25, 0.3) is 0 Å². The summed E-state index contributed by atoms with van der Waals surface area (Å²) in [6.07, 6.45) is -0.496. The van der Waals surface area contributed by atoms with Crippen molar-refractivity contribution in [3.05, 3.63) is 60.2 Å². The van der Waals surface area contributed by atoms with Gasteiger partial charge in [-0.05, 0) is 48.1 Å². The van der Waals surface area contributed by atoms with Gasteiger partial charge in [-0.25, -0.2) is 21.6 Å². The number of nitrogens with one attached hydrogen (secondary N) is 1. The summed E-state index contributed by atoms with van der Waals surface area (Å²) in [6, 6.07) is 16.0. The number of aliphatic hydroxyl groups is 1.